The molecule has 0 saturated heterocycles. The molecule has 3 atom stereocenters. The maximum atomic E-state index is 13.3. The van der Waals surface area contributed by atoms with Crippen molar-refractivity contribution < 1.29 is 13.9 Å². The molecule has 0 aliphatic heterocycles. The van der Waals surface area contributed by atoms with Gasteiger partial charge < -0.3 is 10.8 Å². The highest BCUT2D eigenvalue weighted by Crippen LogP contribution is 2.44. The third-order valence-corrected chi connectivity index (χ3v) is 3.30. The van der Waals surface area contributed by atoms with Crippen LogP contribution in [0.4, 0.5) is 8.78 Å². The lowest BCUT2D eigenvalue weighted by Gasteiger charge is -2.32. The quantitative estimate of drug-likeness (QED) is 0.742. The average Bonchev–Trinajstić information content (AvgIpc) is 2.30. The monoisotopic (exact) mass is 207 g/mol. The van der Waals surface area contributed by atoms with Gasteiger partial charge in [0, 0.05) is 18.4 Å². The topological polar surface area (TPSA) is 46.2 Å². The molecule has 0 spiro atoms. The molecule has 1 aliphatic carbocycles. The van der Waals surface area contributed by atoms with Crippen LogP contribution in [0, 0.1) is 5.92 Å². The number of alkyl halides is 2. The van der Waals surface area contributed by atoms with Crippen LogP contribution in [0.15, 0.2) is 0 Å². The molecule has 1 rings (SSSR count). The van der Waals surface area contributed by atoms with E-state index in [0.29, 0.717) is 12.8 Å². The number of hydrogen-bond acceptors (Lipinski definition) is 2. The highest BCUT2D eigenvalue weighted by atomic mass is 19.3. The summed E-state index contributed by atoms with van der Waals surface area (Å²) in [7, 11) is 0. The van der Waals surface area contributed by atoms with Crippen molar-refractivity contribution >= 4 is 0 Å². The predicted molar refractivity (Wildman–Crippen MR) is 51.2 cm³/mol. The first kappa shape index (κ1) is 11.9. The van der Waals surface area contributed by atoms with Gasteiger partial charge >= 0.3 is 0 Å². The first-order chi connectivity index (χ1) is 6.26. The molecule has 0 aromatic rings. The normalized spacial score (nSPS) is 32.6. The summed E-state index contributed by atoms with van der Waals surface area (Å²) in [5.74, 6) is -3.32. The van der Waals surface area contributed by atoms with E-state index in [0.717, 1.165) is 0 Å². The lowest BCUT2D eigenvalue weighted by molar-refractivity contribution is -0.0759. The molecule has 0 aromatic heterocycles. The highest BCUT2D eigenvalue weighted by molar-refractivity contribution is 4.92. The van der Waals surface area contributed by atoms with Crippen LogP contribution < -0.4 is 5.73 Å². The van der Waals surface area contributed by atoms with Crippen molar-refractivity contribution in [3.8, 4) is 0 Å². The van der Waals surface area contributed by atoms with E-state index in [2.05, 4.69) is 0 Å². The second kappa shape index (κ2) is 3.74. The molecule has 1 fully saturated rings. The van der Waals surface area contributed by atoms with Gasteiger partial charge in [0.15, 0.2) is 0 Å². The molecule has 1 aliphatic rings. The Balaban J connectivity index is 2.60. The maximum absolute atomic E-state index is 13.3. The Labute approximate surface area is 83.5 Å². The van der Waals surface area contributed by atoms with Gasteiger partial charge in [0.05, 0.1) is 5.60 Å². The van der Waals surface area contributed by atoms with Gasteiger partial charge in [-0.15, -0.1) is 0 Å². The molecule has 0 bridgehead atoms. The zero-order valence-corrected chi connectivity index (χ0v) is 8.76. The summed E-state index contributed by atoms with van der Waals surface area (Å²) in [6, 6.07) is -0.473. The lowest BCUT2D eigenvalue weighted by Crippen LogP contribution is -2.46. The largest absolute Gasteiger partial charge is 0.389 e. The Bertz CT molecular complexity index is 204. The van der Waals surface area contributed by atoms with Crippen molar-refractivity contribution in [2.45, 2.75) is 57.1 Å². The third kappa shape index (κ3) is 2.42. The summed E-state index contributed by atoms with van der Waals surface area (Å²) in [5, 5.41) is 9.83. The second-order valence-corrected chi connectivity index (χ2v) is 4.70. The number of aliphatic hydroxyl groups is 1. The van der Waals surface area contributed by atoms with E-state index in [1.807, 2.05) is 0 Å². The van der Waals surface area contributed by atoms with Gasteiger partial charge in [0.1, 0.15) is 0 Å². The fourth-order valence-corrected chi connectivity index (χ4v) is 1.94. The minimum atomic E-state index is -2.61. The van der Waals surface area contributed by atoms with Gasteiger partial charge in [-0.05, 0) is 33.1 Å². The fraction of sp³-hybridized carbons (Fsp3) is 1.00. The number of hydrogen-bond donors (Lipinski definition) is 2. The summed E-state index contributed by atoms with van der Waals surface area (Å²) < 4.78 is 26.5. The van der Waals surface area contributed by atoms with Crippen LogP contribution in [0.25, 0.3) is 0 Å². The predicted octanol–water partition coefficient (Wildman–Crippen LogP) is 1.91. The van der Waals surface area contributed by atoms with Crippen molar-refractivity contribution in [2.24, 2.45) is 11.7 Å². The van der Waals surface area contributed by atoms with Crippen LogP contribution in [-0.2, 0) is 0 Å². The Hall–Kier alpha value is -0.220. The summed E-state index contributed by atoms with van der Waals surface area (Å²) in [6.07, 6.45) is 1.09. The van der Waals surface area contributed by atoms with Gasteiger partial charge in [-0.1, -0.05) is 0 Å². The first-order valence-electron chi connectivity index (χ1n) is 5.11. The van der Waals surface area contributed by atoms with Gasteiger partial charge in [0.25, 0.3) is 5.92 Å². The number of halogens is 2. The van der Waals surface area contributed by atoms with Crippen LogP contribution in [0.2, 0.25) is 0 Å². The second-order valence-electron chi connectivity index (χ2n) is 4.70. The van der Waals surface area contributed by atoms with Crippen molar-refractivity contribution in [1.29, 1.82) is 0 Å². The Morgan fingerprint density at radius 2 is 2.21 bits per heavy atom. The van der Waals surface area contributed by atoms with Crippen LogP contribution >= 0.6 is 0 Å². The van der Waals surface area contributed by atoms with E-state index in [1.165, 1.54) is 6.92 Å². The molecule has 3 N–H and O–H groups in total. The van der Waals surface area contributed by atoms with Gasteiger partial charge in [-0.3, -0.25) is 0 Å². The first-order valence-corrected chi connectivity index (χ1v) is 5.11. The molecular formula is C10H19F2NO. The van der Waals surface area contributed by atoms with Gasteiger partial charge in [-0.2, -0.15) is 0 Å². The molecule has 0 aromatic carbocycles. The van der Waals surface area contributed by atoms with Crippen LogP contribution in [0.5, 0.6) is 0 Å². The molecule has 14 heavy (non-hydrogen) atoms. The number of rotatable bonds is 3. The molecular weight excluding hydrogens is 188 g/mol. The molecule has 0 radical (unpaired) electrons. The van der Waals surface area contributed by atoms with Crippen molar-refractivity contribution in [2.75, 3.05) is 0 Å². The minimum absolute atomic E-state index is 0.0489. The third-order valence-electron chi connectivity index (χ3n) is 3.30. The zero-order chi connectivity index (χ0) is 11.0. The molecule has 84 valence electrons. The summed E-state index contributed by atoms with van der Waals surface area (Å²) >= 11 is 0. The van der Waals surface area contributed by atoms with Crippen molar-refractivity contribution in [3.63, 3.8) is 0 Å². The number of nitrogens with two attached hydrogens (primary N) is 1. The summed E-state index contributed by atoms with van der Waals surface area (Å²) in [5.41, 5.74) is 4.36. The Kier molecular flexibility index (Phi) is 3.17. The van der Waals surface area contributed by atoms with E-state index in [-0.39, 0.29) is 12.8 Å². The van der Waals surface area contributed by atoms with Crippen LogP contribution in [-0.4, -0.2) is 22.7 Å². The van der Waals surface area contributed by atoms with E-state index < -0.39 is 23.5 Å². The standard InChI is InChI=1S/C10H19F2NO/c1-7(13)9(2,14)6-8-4-3-5-10(8,11)12/h7-8,14H,3-6,13H2,1-2H3. The van der Waals surface area contributed by atoms with Crippen LogP contribution in [0.1, 0.15) is 39.5 Å². The van der Waals surface area contributed by atoms with Crippen LogP contribution in [0.3, 0.4) is 0 Å². The Morgan fingerprint density at radius 1 is 1.64 bits per heavy atom. The molecule has 2 nitrogen and oxygen atoms in total. The zero-order valence-electron chi connectivity index (χ0n) is 8.76. The molecule has 1 saturated carbocycles. The molecule has 0 heterocycles. The molecule has 4 heteroatoms. The van der Waals surface area contributed by atoms with E-state index >= 15 is 0 Å². The molecule has 3 unspecified atom stereocenters. The fourth-order valence-electron chi connectivity index (χ4n) is 1.94. The van der Waals surface area contributed by atoms with Gasteiger partial charge in [-0.25, -0.2) is 8.78 Å². The lowest BCUT2D eigenvalue weighted by atomic mass is 9.85. The maximum Gasteiger partial charge on any atom is 0.251 e. The molecule has 0 amide bonds. The summed E-state index contributed by atoms with van der Waals surface area (Å²) in [4.78, 5) is 0. The van der Waals surface area contributed by atoms with E-state index in [1.54, 1.807) is 6.92 Å². The van der Waals surface area contributed by atoms with Gasteiger partial charge in [0.2, 0.25) is 0 Å². The minimum Gasteiger partial charge on any atom is -0.389 e. The average molecular weight is 207 g/mol. The van der Waals surface area contributed by atoms with Crippen molar-refractivity contribution in [3.05, 3.63) is 0 Å². The van der Waals surface area contributed by atoms with E-state index in [9.17, 15) is 13.9 Å². The van der Waals surface area contributed by atoms with Crippen molar-refractivity contribution in [1.82, 2.24) is 0 Å². The highest BCUT2D eigenvalue weighted by Gasteiger charge is 2.46. The smallest absolute Gasteiger partial charge is 0.251 e. The summed E-state index contributed by atoms with van der Waals surface area (Å²) in [6.45, 7) is 3.18. The van der Waals surface area contributed by atoms with E-state index in [4.69, 9.17) is 5.73 Å². The Morgan fingerprint density at radius 3 is 2.57 bits per heavy atom. The SMILES string of the molecule is CC(N)C(C)(O)CC1CCCC1(F)F.